The summed E-state index contributed by atoms with van der Waals surface area (Å²) in [5, 5.41) is 3.91. The molecule has 0 bridgehead atoms. The molecule has 1 heterocycles. The van der Waals surface area contributed by atoms with Crippen molar-refractivity contribution < 1.29 is 9.53 Å². The quantitative estimate of drug-likeness (QED) is 0.606. The smallest absolute Gasteiger partial charge is 0.331 e. The van der Waals surface area contributed by atoms with Crippen LogP contribution in [0.25, 0.3) is 0 Å². The number of aromatic nitrogens is 2. The fourth-order valence-corrected chi connectivity index (χ4v) is 3.13. The SMILES string of the molecule is CCOC(=O)C(CSc1ncc[nH]1)(NC)c1ccccc1. The average molecular weight is 305 g/mol. The van der Waals surface area contributed by atoms with Crippen molar-refractivity contribution in [1.29, 1.82) is 0 Å². The number of rotatable bonds is 7. The molecule has 0 aliphatic heterocycles. The van der Waals surface area contributed by atoms with E-state index in [0.717, 1.165) is 10.7 Å². The molecule has 1 atom stereocenters. The van der Waals surface area contributed by atoms with Crippen molar-refractivity contribution in [1.82, 2.24) is 15.3 Å². The van der Waals surface area contributed by atoms with E-state index in [1.807, 2.05) is 37.3 Å². The van der Waals surface area contributed by atoms with Gasteiger partial charge in [0.2, 0.25) is 0 Å². The Morgan fingerprint density at radius 2 is 2.19 bits per heavy atom. The summed E-state index contributed by atoms with van der Waals surface area (Å²) in [6.45, 7) is 2.16. The van der Waals surface area contributed by atoms with Crippen molar-refractivity contribution in [3.8, 4) is 0 Å². The van der Waals surface area contributed by atoms with Gasteiger partial charge in [0.1, 0.15) is 0 Å². The molecule has 2 rings (SSSR count). The zero-order valence-electron chi connectivity index (χ0n) is 12.1. The van der Waals surface area contributed by atoms with Crippen molar-refractivity contribution >= 4 is 17.7 Å². The molecule has 1 unspecified atom stereocenters. The first-order valence-electron chi connectivity index (χ1n) is 6.76. The lowest BCUT2D eigenvalue weighted by Gasteiger charge is -2.31. The van der Waals surface area contributed by atoms with Gasteiger partial charge in [-0.2, -0.15) is 0 Å². The van der Waals surface area contributed by atoms with Gasteiger partial charge < -0.3 is 15.0 Å². The number of benzene rings is 1. The van der Waals surface area contributed by atoms with Gasteiger partial charge in [0.15, 0.2) is 10.7 Å². The molecule has 0 spiro atoms. The van der Waals surface area contributed by atoms with Crippen LogP contribution in [0.1, 0.15) is 12.5 Å². The number of H-pyrrole nitrogens is 1. The fraction of sp³-hybridized carbons (Fsp3) is 0.333. The molecule has 0 fully saturated rings. The number of carbonyl (C=O) groups is 1. The first-order valence-corrected chi connectivity index (χ1v) is 7.75. The first-order chi connectivity index (χ1) is 10.2. The predicted molar refractivity (Wildman–Crippen MR) is 83.1 cm³/mol. The number of imidazole rings is 1. The van der Waals surface area contributed by atoms with Gasteiger partial charge in [0, 0.05) is 18.1 Å². The summed E-state index contributed by atoms with van der Waals surface area (Å²) in [4.78, 5) is 19.7. The monoisotopic (exact) mass is 305 g/mol. The zero-order valence-corrected chi connectivity index (χ0v) is 12.9. The van der Waals surface area contributed by atoms with Gasteiger partial charge in [-0.3, -0.25) is 0 Å². The number of hydrogen-bond acceptors (Lipinski definition) is 5. The van der Waals surface area contributed by atoms with Gasteiger partial charge >= 0.3 is 5.97 Å². The van der Waals surface area contributed by atoms with Crippen molar-refractivity contribution in [2.45, 2.75) is 17.6 Å². The van der Waals surface area contributed by atoms with E-state index in [4.69, 9.17) is 4.74 Å². The zero-order chi connectivity index (χ0) is 15.1. The number of esters is 1. The molecule has 2 N–H and O–H groups in total. The Bertz CT molecular complexity index is 560. The normalized spacial score (nSPS) is 13.6. The molecule has 1 aromatic heterocycles. The Balaban J connectivity index is 2.29. The number of nitrogens with one attached hydrogen (secondary N) is 2. The van der Waals surface area contributed by atoms with Crippen LogP contribution in [0.3, 0.4) is 0 Å². The van der Waals surface area contributed by atoms with Crippen molar-refractivity contribution in [3.63, 3.8) is 0 Å². The summed E-state index contributed by atoms with van der Waals surface area (Å²) in [5.41, 5.74) is -0.0145. The van der Waals surface area contributed by atoms with E-state index in [9.17, 15) is 4.79 Å². The Hall–Kier alpha value is -1.79. The highest BCUT2D eigenvalue weighted by Crippen LogP contribution is 2.29. The molecule has 6 heteroatoms. The number of carbonyl (C=O) groups excluding carboxylic acids is 1. The summed E-state index contributed by atoms with van der Waals surface area (Å²) in [6, 6.07) is 9.61. The van der Waals surface area contributed by atoms with E-state index < -0.39 is 5.54 Å². The highest BCUT2D eigenvalue weighted by Gasteiger charge is 2.40. The number of nitrogens with zero attached hydrogens (tertiary/aromatic N) is 1. The van der Waals surface area contributed by atoms with Gasteiger partial charge in [0.05, 0.1) is 6.61 Å². The van der Waals surface area contributed by atoms with Gasteiger partial charge in [-0.25, -0.2) is 9.78 Å². The van der Waals surface area contributed by atoms with E-state index in [2.05, 4.69) is 15.3 Å². The minimum atomic E-state index is -0.894. The van der Waals surface area contributed by atoms with Crippen LogP contribution in [0.4, 0.5) is 0 Å². The van der Waals surface area contributed by atoms with Crippen LogP contribution in [-0.4, -0.2) is 35.3 Å². The summed E-state index contributed by atoms with van der Waals surface area (Å²) in [5.74, 6) is 0.206. The van der Waals surface area contributed by atoms with E-state index in [1.54, 1.807) is 19.4 Å². The third-order valence-corrected chi connectivity index (χ3v) is 4.29. The molecule has 0 saturated carbocycles. The molecule has 0 saturated heterocycles. The van der Waals surface area contributed by atoms with Crippen LogP contribution in [-0.2, 0) is 15.1 Å². The van der Waals surface area contributed by atoms with Gasteiger partial charge in [-0.15, -0.1) is 0 Å². The average Bonchev–Trinajstić information content (AvgIpc) is 3.03. The van der Waals surface area contributed by atoms with E-state index in [0.29, 0.717) is 12.4 Å². The van der Waals surface area contributed by atoms with Crippen LogP contribution in [0.15, 0.2) is 47.9 Å². The Morgan fingerprint density at radius 3 is 2.76 bits per heavy atom. The van der Waals surface area contributed by atoms with Crippen LogP contribution < -0.4 is 5.32 Å². The van der Waals surface area contributed by atoms with Crippen molar-refractivity contribution in [3.05, 3.63) is 48.3 Å². The maximum Gasteiger partial charge on any atom is 0.331 e. The lowest BCUT2D eigenvalue weighted by atomic mass is 9.92. The van der Waals surface area contributed by atoms with Gasteiger partial charge in [-0.1, -0.05) is 42.1 Å². The lowest BCUT2D eigenvalue weighted by molar-refractivity contribution is -0.150. The Labute approximate surface area is 128 Å². The van der Waals surface area contributed by atoms with Crippen LogP contribution >= 0.6 is 11.8 Å². The van der Waals surface area contributed by atoms with Crippen molar-refractivity contribution in [2.75, 3.05) is 19.4 Å². The topological polar surface area (TPSA) is 67.0 Å². The molecule has 1 aromatic carbocycles. The fourth-order valence-electron chi connectivity index (χ4n) is 2.06. The number of thioether (sulfide) groups is 1. The Kier molecular flexibility index (Phi) is 5.41. The second-order valence-corrected chi connectivity index (χ2v) is 5.39. The van der Waals surface area contributed by atoms with Crippen LogP contribution in [0, 0.1) is 0 Å². The van der Waals surface area contributed by atoms with Gasteiger partial charge in [0.25, 0.3) is 0 Å². The lowest BCUT2D eigenvalue weighted by Crippen LogP contribution is -2.50. The number of hydrogen-bond donors (Lipinski definition) is 2. The molecule has 5 nitrogen and oxygen atoms in total. The van der Waals surface area contributed by atoms with E-state index >= 15 is 0 Å². The molecule has 0 aliphatic carbocycles. The molecule has 0 radical (unpaired) electrons. The summed E-state index contributed by atoms with van der Waals surface area (Å²) >= 11 is 1.48. The molecular formula is C15H19N3O2S. The third kappa shape index (κ3) is 3.46. The molecule has 21 heavy (non-hydrogen) atoms. The van der Waals surface area contributed by atoms with E-state index in [1.165, 1.54) is 11.8 Å². The minimum absolute atomic E-state index is 0.280. The number of likely N-dealkylation sites (N-methyl/N-ethyl adjacent to an activating group) is 1. The molecule has 112 valence electrons. The second-order valence-electron chi connectivity index (χ2n) is 4.42. The summed E-state index contributed by atoms with van der Waals surface area (Å²) in [7, 11) is 1.77. The highest BCUT2D eigenvalue weighted by molar-refractivity contribution is 7.99. The predicted octanol–water partition coefficient (Wildman–Crippen LogP) is 2.18. The molecule has 2 aromatic rings. The summed E-state index contributed by atoms with van der Waals surface area (Å²) in [6.07, 6.45) is 3.45. The maximum atomic E-state index is 12.5. The standard InChI is InChI=1S/C15H19N3O2S/c1-3-20-13(19)15(16-2,12-7-5-4-6-8-12)11-21-14-17-9-10-18-14/h4-10,16H,3,11H2,1-2H3,(H,17,18). The van der Waals surface area contributed by atoms with Crippen molar-refractivity contribution in [2.24, 2.45) is 0 Å². The highest BCUT2D eigenvalue weighted by atomic mass is 32.2. The maximum absolute atomic E-state index is 12.5. The molecule has 0 aliphatic rings. The minimum Gasteiger partial charge on any atom is -0.464 e. The van der Waals surface area contributed by atoms with Crippen LogP contribution in [0.5, 0.6) is 0 Å². The van der Waals surface area contributed by atoms with Crippen LogP contribution in [0.2, 0.25) is 0 Å². The second kappa shape index (κ2) is 7.28. The number of ether oxygens (including phenoxy) is 1. The molecular weight excluding hydrogens is 286 g/mol. The Morgan fingerprint density at radius 1 is 1.43 bits per heavy atom. The summed E-state index contributed by atoms with van der Waals surface area (Å²) < 4.78 is 5.28. The molecule has 0 amide bonds. The van der Waals surface area contributed by atoms with E-state index in [-0.39, 0.29) is 5.97 Å². The van der Waals surface area contributed by atoms with Gasteiger partial charge in [-0.05, 0) is 19.5 Å². The third-order valence-electron chi connectivity index (χ3n) is 3.22. The largest absolute Gasteiger partial charge is 0.464 e. The first kappa shape index (κ1) is 15.6. The number of aromatic amines is 1.